The van der Waals surface area contributed by atoms with E-state index in [0.29, 0.717) is 23.6 Å². The Morgan fingerprint density at radius 3 is 2.38 bits per heavy atom. The lowest BCUT2D eigenvalue weighted by Crippen LogP contribution is -2.29. The van der Waals surface area contributed by atoms with E-state index in [-0.39, 0.29) is 29.0 Å². The van der Waals surface area contributed by atoms with Gasteiger partial charge in [-0.25, -0.2) is 4.90 Å². The predicted octanol–water partition coefficient (Wildman–Crippen LogP) is 4.42. The van der Waals surface area contributed by atoms with Crippen LogP contribution in [0.3, 0.4) is 0 Å². The van der Waals surface area contributed by atoms with E-state index in [9.17, 15) is 23.2 Å². The lowest BCUT2D eigenvalue weighted by molar-refractivity contribution is -0.0504. The number of ether oxygens (including phenoxy) is 2. The zero-order chi connectivity index (χ0) is 24.2. The lowest BCUT2D eigenvalue weighted by atomic mass is 10.1. The number of carbonyl (C=O) groups excluding carboxylic acids is 3. The Hall–Kier alpha value is -4.27. The molecule has 4 rings (SSSR count). The monoisotopic (exact) mass is 466 g/mol. The van der Waals surface area contributed by atoms with Gasteiger partial charge in [0.15, 0.2) is 0 Å². The number of nitrogens with one attached hydrogen (secondary N) is 1. The van der Waals surface area contributed by atoms with E-state index < -0.39 is 24.3 Å². The van der Waals surface area contributed by atoms with Crippen LogP contribution in [0.5, 0.6) is 11.5 Å². The Morgan fingerprint density at radius 2 is 1.68 bits per heavy atom. The number of imide groups is 1. The van der Waals surface area contributed by atoms with Crippen LogP contribution in [0.15, 0.2) is 66.7 Å². The number of fused-ring (bicyclic) bond motifs is 1. The van der Waals surface area contributed by atoms with Crippen molar-refractivity contribution in [2.24, 2.45) is 0 Å². The Bertz CT molecular complexity index is 1240. The highest BCUT2D eigenvalue weighted by molar-refractivity contribution is 6.34. The average molecular weight is 466 g/mol. The minimum atomic E-state index is -2.99. The molecule has 9 heteroatoms. The van der Waals surface area contributed by atoms with Crippen LogP contribution in [0.1, 0.15) is 43.6 Å². The summed E-state index contributed by atoms with van der Waals surface area (Å²) in [5.41, 5.74) is 1.20. The Morgan fingerprint density at radius 1 is 0.971 bits per heavy atom. The molecule has 0 saturated carbocycles. The molecule has 1 aliphatic heterocycles. The molecule has 1 N–H and O–H groups in total. The molecular formula is C25H20F2N2O5. The van der Waals surface area contributed by atoms with E-state index in [1.807, 2.05) is 6.92 Å². The van der Waals surface area contributed by atoms with Crippen molar-refractivity contribution in [2.45, 2.75) is 20.1 Å². The maximum Gasteiger partial charge on any atom is 0.387 e. The summed E-state index contributed by atoms with van der Waals surface area (Å²) < 4.78 is 35.0. The van der Waals surface area contributed by atoms with Crippen LogP contribution >= 0.6 is 0 Å². The first-order chi connectivity index (χ1) is 16.4. The number of carbonyl (C=O) groups is 3. The van der Waals surface area contributed by atoms with Gasteiger partial charge in [0, 0.05) is 17.7 Å². The minimum Gasteiger partial charge on any atom is -0.494 e. The molecule has 174 valence electrons. The second kappa shape index (κ2) is 9.70. The molecule has 0 bridgehead atoms. The Kier molecular flexibility index (Phi) is 6.53. The molecule has 0 atom stereocenters. The van der Waals surface area contributed by atoms with Gasteiger partial charge in [-0.15, -0.1) is 0 Å². The number of rotatable bonds is 8. The van der Waals surface area contributed by atoms with Gasteiger partial charge in [0.25, 0.3) is 17.7 Å². The summed E-state index contributed by atoms with van der Waals surface area (Å²) in [5.74, 6) is -1.00. The van der Waals surface area contributed by atoms with Gasteiger partial charge >= 0.3 is 6.61 Å². The normalized spacial score (nSPS) is 12.6. The summed E-state index contributed by atoms with van der Waals surface area (Å²) in [6, 6.07) is 16.9. The summed E-state index contributed by atoms with van der Waals surface area (Å²) in [7, 11) is 0. The molecule has 0 saturated heterocycles. The van der Waals surface area contributed by atoms with E-state index in [0.717, 1.165) is 4.90 Å². The number of benzene rings is 3. The molecule has 3 amide bonds. The summed E-state index contributed by atoms with van der Waals surface area (Å²) in [4.78, 5) is 39.5. The first kappa shape index (κ1) is 22.9. The van der Waals surface area contributed by atoms with Gasteiger partial charge in [-0.1, -0.05) is 18.2 Å². The number of hydrogen-bond donors (Lipinski definition) is 1. The molecule has 0 radical (unpaired) electrons. The van der Waals surface area contributed by atoms with Crippen molar-refractivity contribution < 1.29 is 32.6 Å². The largest absolute Gasteiger partial charge is 0.494 e. The van der Waals surface area contributed by atoms with Crippen molar-refractivity contribution in [1.29, 1.82) is 0 Å². The van der Waals surface area contributed by atoms with Gasteiger partial charge in [0.1, 0.15) is 11.5 Å². The molecule has 0 aromatic heterocycles. The highest BCUT2D eigenvalue weighted by Crippen LogP contribution is 2.30. The Balaban J connectivity index is 1.50. The zero-order valence-electron chi connectivity index (χ0n) is 18.1. The summed E-state index contributed by atoms with van der Waals surface area (Å²) in [6.45, 7) is -0.719. The molecule has 0 aliphatic carbocycles. The maximum absolute atomic E-state index is 13.0. The van der Waals surface area contributed by atoms with E-state index in [2.05, 4.69) is 10.1 Å². The highest BCUT2D eigenvalue weighted by atomic mass is 19.3. The van der Waals surface area contributed by atoms with Gasteiger partial charge in [-0.05, 0) is 55.5 Å². The number of nitrogens with zero attached hydrogens (tertiary/aromatic N) is 1. The standard InChI is InChI=1S/C25H20F2N2O5/c1-2-33-18-10-8-17(9-11-18)29-23(31)19-12-7-15(13-20(19)24(29)32)22(30)28-14-16-5-3-4-6-21(16)34-25(26)27/h3-13,25H,2,14H2,1H3,(H,28,30). The van der Waals surface area contributed by atoms with Crippen molar-refractivity contribution in [3.8, 4) is 11.5 Å². The van der Waals surface area contributed by atoms with Crippen LogP contribution < -0.4 is 19.7 Å². The number of anilines is 1. The van der Waals surface area contributed by atoms with Gasteiger partial charge in [-0.3, -0.25) is 14.4 Å². The highest BCUT2D eigenvalue weighted by Gasteiger charge is 2.37. The second-order valence-electron chi connectivity index (χ2n) is 7.30. The first-order valence-electron chi connectivity index (χ1n) is 10.5. The summed E-state index contributed by atoms with van der Waals surface area (Å²) in [5, 5.41) is 2.62. The van der Waals surface area contributed by atoms with E-state index >= 15 is 0 Å². The quantitative estimate of drug-likeness (QED) is 0.497. The number of alkyl halides is 2. The zero-order valence-corrected chi connectivity index (χ0v) is 18.1. The molecule has 0 unspecified atom stereocenters. The average Bonchev–Trinajstić information content (AvgIpc) is 3.08. The molecule has 1 aliphatic rings. The Labute approximate surface area is 193 Å². The molecule has 0 fully saturated rings. The third kappa shape index (κ3) is 4.59. The van der Waals surface area contributed by atoms with Gasteiger partial charge in [-0.2, -0.15) is 8.78 Å². The van der Waals surface area contributed by atoms with Crippen LogP contribution in [0.2, 0.25) is 0 Å². The molecule has 7 nitrogen and oxygen atoms in total. The summed E-state index contributed by atoms with van der Waals surface area (Å²) in [6.07, 6.45) is 0. The van der Waals surface area contributed by atoms with Crippen molar-refractivity contribution in [3.63, 3.8) is 0 Å². The van der Waals surface area contributed by atoms with Crippen molar-refractivity contribution >= 4 is 23.4 Å². The smallest absolute Gasteiger partial charge is 0.387 e. The van der Waals surface area contributed by atoms with Gasteiger partial charge < -0.3 is 14.8 Å². The fraction of sp³-hybridized carbons (Fsp3) is 0.160. The third-order valence-electron chi connectivity index (χ3n) is 5.18. The third-order valence-corrected chi connectivity index (χ3v) is 5.18. The topological polar surface area (TPSA) is 84.9 Å². The van der Waals surface area contributed by atoms with E-state index in [1.54, 1.807) is 42.5 Å². The molecular weight excluding hydrogens is 446 g/mol. The number of halogens is 2. The predicted molar refractivity (Wildman–Crippen MR) is 119 cm³/mol. The maximum atomic E-state index is 13.0. The van der Waals surface area contributed by atoms with E-state index in [1.165, 1.54) is 24.3 Å². The molecule has 0 spiro atoms. The fourth-order valence-corrected chi connectivity index (χ4v) is 3.61. The van der Waals surface area contributed by atoms with E-state index in [4.69, 9.17) is 4.74 Å². The van der Waals surface area contributed by atoms with Crippen LogP contribution in [-0.4, -0.2) is 30.9 Å². The van der Waals surface area contributed by atoms with Crippen LogP contribution in [0.25, 0.3) is 0 Å². The van der Waals surface area contributed by atoms with Crippen molar-refractivity contribution in [2.75, 3.05) is 11.5 Å². The molecule has 3 aromatic rings. The van der Waals surface area contributed by atoms with Gasteiger partial charge in [0.2, 0.25) is 0 Å². The lowest BCUT2D eigenvalue weighted by Gasteiger charge is -2.14. The fourth-order valence-electron chi connectivity index (χ4n) is 3.61. The van der Waals surface area contributed by atoms with Crippen molar-refractivity contribution in [3.05, 3.63) is 89.0 Å². The van der Waals surface area contributed by atoms with Crippen LogP contribution in [-0.2, 0) is 6.54 Å². The van der Waals surface area contributed by atoms with Crippen LogP contribution in [0.4, 0.5) is 14.5 Å². The SMILES string of the molecule is CCOc1ccc(N2C(=O)c3ccc(C(=O)NCc4ccccc4OC(F)F)cc3C2=O)cc1. The molecule has 1 heterocycles. The first-order valence-corrected chi connectivity index (χ1v) is 10.5. The minimum absolute atomic E-state index is 0.0430. The number of hydrogen-bond acceptors (Lipinski definition) is 5. The van der Waals surface area contributed by atoms with Crippen LogP contribution in [0, 0.1) is 0 Å². The number of para-hydroxylation sites is 1. The molecule has 34 heavy (non-hydrogen) atoms. The van der Waals surface area contributed by atoms with Gasteiger partial charge in [0.05, 0.1) is 23.4 Å². The second-order valence-corrected chi connectivity index (χ2v) is 7.30. The van der Waals surface area contributed by atoms with Crippen molar-refractivity contribution in [1.82, 2.24) is 5.32 Å². The number of amides is 3. The molecule has 3 aromatic carbocycles. The summed E-state index contributed by atoms with van der Waals surface area (Å²) >= 11 is 0.